The van der Waals surface area contributed by atoms with E-state index in [0.717, 1.165) is 33.9 Å². The Labute approximate surface area is 297 Å². The summed E-state index contributed by atoms with van der Waals surface area (Å²) >= 11 is 0. The highest BCUT2D eigenvalue weighted by Crippen LogP contribution is 2.55. The van der Waals surface area contributed by atoms with Crippen molar-refractivity contribution in [3.63, 3.8) is 0 Å². The van der Waals surface area contributed by atoms with E-state index in [1.165, 1.54) is 65.7 Å². The molecular formula is C49H34N2. The van der Waals surface area contributed by atoms with Gasteiger partial charge in [-0.25, -0.2) is 9.97 Å². The predicted octanol–water partition coefficient (Wildman–Crippen LogP) is 12.9. The smallest absolute Gasteiger partial charge is 0.160 e. The molecule has 0 bridgehead atoms. The highest BCUT2D eigenvalue weighted by molar-refractivity contribution is 6.11. The molecule has 0 N–H and O–H groups in total. The Balaban J connectivity index is 1.22. The van der Waals surface area contributed by atoms with Crippen LogP contribution < -0.4 is 0 Å². The molecule has 9 aromatic rings. The molecule has 0 amide bonds. The van der Waals surface area contributed by atoms with Crippen molar-refractivity contribution in [2.45, 2.75) is 19.3 Å². The van der Waals surface area contributed by atoms with E-state index in [4.69, 9.17) is 9.97 Å². The van der Waals surface area contributed by atoms with Gasteiger partial charge in [-0.1, -0.05) is 178 Å². The van der Waals surface area contributed by atoms with Crippen LogP contribution in [0.5, 0.6) is 0 Å². The molecule has 0 fully saturated rings. The van der Waals surface area contributed by atoms with Gasteiger partial charge in [-0.3, -0.25) is 0 Å². The summed E-state index contributed by atoms with van der Waals surface area (Å²) < 4.78 is 0. The lowest BCUT2D eigenvalue weighted by Gasteiger charge is -2.22. The van der Waals surface area contributed by atoms with Crippen molar-refractivity contribution in [2.24, 2.45) is 0 Å². The number of aromatic nitrogens is 2. The van der Waals surface area contributed by atoms with Crippen LogP contribution in [0.1, 0.15) is 25.0 Å². The standard InChI is InChI=1S/C49H34N2/c1-49(2)42-25-13-24-41(47(42)46-35-20-9-7-15-32(35)26-29-43(46)49)38-27-28-40(37-22-11-10-21-36(37)38)45-30-44(50-48(51-45)33-16-4-3-5-17-33)39-23-12-18-31-14-6-8-19-34(31)39/h3-30H,1-2H3. The van der Waals surface area contributed by atoms with Gasteiger partial charge in [0.25, 0.3) is 0 Å². The van der Waals surface area contributed by atoms with Gasteiger partial charge in [-0.15, -0.1) is 0 Å². The second kappa shape index (κ2) is 11.3. The van der Waals surface area contributed by atoms with Gasteiger partial charge in [0.2, 0.25) is 0 Å². The zero-order valence-corrected chi connectivity index (χ0v) is 28.6. The van der Waals surface area contributed by atoms with E-state index >= 15 is 0 Å². The van der Waals surface area contributed by atoms with Gasteiger partial charge in [0.1, 0.15) is 0 Å². The molecule has 0 atom stereocenters. The van der Waals surface area contributed by atoms with Gasteiger partial charge in [0.05, 0.1) is 11.4 Å². The number of fused-ring (bicyclic) bond motifs is 7. The molecule has 51 heavy (non-hydrogen) atoms. The minimum Gasteiger partial charge on any atom is -0.228 e. The third kappa shape index (κ3) is 4.57. The number of hydrogen-bond donors (Lipinski definition) is 0. The van der Waals surface area contributed by atoms with Crippen LogP contribution in [0.15, 0.2) is 170 Å². The zero-order chi connectivity index (χ0) is 34.1. The molecule has 0 spiro atoms. The van der Waals surface area contributed by atoms with E-state index in [2.05, 4.69) is 166 Å². The molecule has 1 aliphatic rings. The summed E-state index contributed by atoms with van der Waals surface area (Å²) in [6, 6.07) is 61.1. The Kier molecular flexibility index (Phi) is 6.56. The maximum absolute atomic E-state index is 5.26. The second-order valence-corrected chi connectivity index (χ2v) is 14.1. The van der Waals surface area contributed by atoms with Crippen molar-refractivity contribution in [3.8, 4) is 56.2 Å². The summed E-state index contributed by atoms with van der Waals surface area (Å²) in [7, 11) is 0. The molecule has 2 nitrogen and oxygen atoms in total. The normalized spacial score (nSPS) is 13.1. The molecule has 1 heterocycles. The lowest BCUT2D eigenvalue weighted by atomic mass is 9.81. The van der Waals surface area contributed by atoms with Crippen molar-refractivity contribution in [2.75, 3.05) is 0 Å². The Bertz CT molecular complexity index is 2820. The van der Waals surface area contributed by atoms with Gasteiger partial charge in [0.15, 0.2) is 5.82 Å². The van der Waals surface area contributed by atoms with E-state index in [-0.39, 0.29) is 5.41 Å². The van der Waals surface area contributed by atoms with Crippen molar-refractivity contribution in [1.82, 2.24) is 9.97 Å². The topological polar surface area (TPSA) is 25.8 Å². The highest BCUT2D eigenvalue weighted by Gasteiger charge is 2.38. The van der Waals surface area contributed by atoms with Crippen molar-refractivity contribution < 1.29 is 0 Å². The molecule has 2 heteroatoms. The van der Waals surface area contributed by atoms with Crippen LogP contribution in [0, 0.1) is 0 Å². The summed E-state index contributed by atoms with van der Waals surface area (Å²) in [6.07, 6.45) is 0. The predicted molar refractivity (Wildman–Crippen MR) is 214 cm³/mol. The van der Waals surface area contributed by atoms with Gasteiger partial charge < -0.3 is 0 Å². The fraction of sp³-hybridized carbons (Fsp3) is 0.0612. The zero-order valence-electron chi connectivity index (χ0n) is 28.6. The molecule has 0 unspecified atom stereocenters. The first-order chi connectivity index (χ1) is 25.1. The Morgan fingerprint density at radius 1 is 0.373 bits per heavy atom. The molecular weight excluding hydrogens is 617 g/mol. The molecule has 8 aromatic carbocycles. The minimum atomic E-state index is -0.104. The molecule has 0 saturated carbocycles. The largest absolute Gasteiger partial charge is 0.228 e. The molecule has 1 aliphatic carbocycles. The number of hydrogen-bond acceptors (Lipinski definition) is 2. The van der Waals surface area contributed by atoms with Gasteiger partial charge in [-0.2, -0.15) is 0 Å². The fourth-order valence-electron chi connectivity index (χ4n) is 8.42. The third-order valence-corrected chi connectivity index (χ3v) is 10.9. The van der Waals surface area contributed by atoms with Crippen molar-refractivity contribution >= 4 is 32.3 Å². The average Bonchev–Trinajstić information content (AvgIpc) is 3.43. The first kappa shape index (κ1) is 29.5. The lowest BCUT2D eigenvalue weighted by molar-refractivity contribution is 0.661. The quantitative estimate of drug-likeness (QED) is 0.189. The maximum Gasteiger partial charge on any atom is 0.160 e. The van der Waals surface area contributed by atoms with E-state index in [0.29, 0.717) is 0 Å². The SMILES string of the molecule is CC1(C)c2cccc(-c3ccc(-c4cc(-c5cccc6ccccc56)nc(-c5ccccc5)n4)c4ccccc34)c2-c2c1ccc1ccccc21. The van der Waals surface area contributed by atoms with Crippen molar-refractivity contribution in [3.05, 3.63) is 181 Å². The molecule has 10 rings (SSSR count). The van der Waals surface area contributed by atoms with Crippen LogP contribution in [0.3, 0.4) is 0 Å². The van der Waals surface area contributed by atoms with E-state index in [1.807, 2.05) is 18.2 Å². The molecule has 0 radical (unpaired) electrons. The second-order valence-electron chi connectivity index (χ2n) is 14.1. The first-order valence-corrected chi connectivity index (χ1v) is 17.7. The van der Waals surface area contributed by atoms with Crippen LogP contribution in [0.25, 0.3) is 88.5 Å². The van der Waals surface area contributed by atoms with Gasteiger partial charge >= 0.3 is 0 Å². The van der Waals surface area contributed by atoms with E-state index < -0.39 is 0 Å². The maximum atomic E-state index is 5.26. The highest BCUT2D eigenvalue weighted by atomic mass is 14.9. The summed E-state index contributed by atoms with van der Waals surface area (Å²) in [4.78, 5) is 10.4. The number of rotatable bonds is 4. The van der Waals surface area contributed by atoms with Crippen LogP contribution in [0.2, 0.25) is 0 Å². The Morgan fingerprint density at radius 3 is 1.67 bits per heavy atom. The van der Waals surface area contributed by atoms with Crippen molar-refractivity contribution in [1.29, 1.82) is 0 Å². The average molecular weight is 651 g/mol. The molecule has 0 saturated heterocycles. The molecule has 0 aliphatic heterocycles. The monoisotopic (exact) mass is 650 g/mol. The first-order valence-electron chi connectivity index (χ1n) is 17.7. The fourth-order valence-corrected chi connectivity index (χ4v) is 8.42. The summed E-state index contributed by atoms with van der Waals surface area (Å²) in [5.41, 5.74) is 12.9. The van der Waals surface area contributed by atoms with Crippen LogP contribution in [-0.2, 0) is 5.41 Å². The molecule has 1 aromatic heterocycles. The minimum absolute atomic E-state index is 0.104. The molecule has 240 valence electrons. The van der Waals surface area contributed by atoms with E-state index in [9.17, 15) is 0 Å². The van der Waals surface area contributed by atoms with E-state index in [1.54, 1.807) is 0 Å². The van der Waals surface area contributed by atoms with Gasteiger partial charge in [0, 0.05) is 22.1 Å². The van der Waals surface area contributed by atoms with Crippen LogP contribution >= 0.6 is 0 Å². The summed E-state index contributed by atoms with van der Waals surface area (Å²) in [5, 5.41) is 7.34. The summed E-state index contributed by atoms with van der Waals surface area (Å²) in [6.45, 7) is 4.73. The summed E-state index contributed by atoms with van der Waals surface area (Å²) in [5.74, 6) is 0.718. The van der Waals surface area contributed by atoms with Crippen LogP contribution in [0.4, 0.5) is 0 Å². The number of nitrogens with zero attached hydrogens (tertiary/aromatic N) is 2. The Morgan fingerprint density at radius 2 is 0.902 bits per heavy atom. The third-order valence-electron chi connectivity index (χ3n) is 10.9. The number of benzene rings is 8. The van der Waals surface area contributed by atoms with Crippen LogP contribution in [-0.4, -0.2) is 9.97 Å². The van der Waals surface area contributed by atoms with Gasteiger partial charge in [-0.05, 0) is 71.8 Å². The Hall–Kier alpha value is -6.38. The lowest BCUT2D eigenvalue weighted by Crippen LogP contribution is -2.14.